The van der Waals surface area contributed by atoms with Crippen LogP contribution in [-0.4, -0.2) is 38.3 Å². The van der Waals surface area contributed by atoms with Crippen molar-refractivity contribution in [1.82, 2.24) is 4.90 Å². The van der Waals surface area contributed by atoms with Gasteiger partial charge >= 0.3 is 0 Å². The van der Waals surface area contributed by atoms with E-state index in [4.69, 9.17) is 10.5 Å². The molecule has 1 aliphatic carbocycles. The fraction of sp³-hybridized carbons (Fsp3) is 0.625. The molecule has 0 saturated heterocycles. The van der Waals surface area contributed by atoms with Gasteiger partial charge in [0.1, 0.15) is 5.82 Å². The topological polar surface area (TPSA) is 38.5 Å². The van der Waals surface area contributed by atoms with Crippen LogP contribution in [0.1, 0.15) is 30.9 Å². The van der Waals surface area contributed by atoms with E-state index in [1.165, 1.54) is 18.9 Å². The first-order chi connectivity index (χ1) is 9.66. The van der Waals surface area contributed by atoms with Crippen molar-refractivity contribution in [3.8, 4) is 0 Å². The van der Waals surface area contributed by atoms with Crippen LogP contribution in [0, 0.1) is 11.7 Å². The van der Waals surface area contributed by atoms with E-state index < -0.39 is 0 Å². The number of nitrogens with zero attached hydrogens (tertiary/aromatic N) is 1. The lowest BCUT2D eigenvalue weighted by atomic mass is 10.0. The Balaban J connectivity index is 1.61. The second-order valence-electron chi connectivity index (χ2n) is 5.74. The number of benzene rings is 1. The van der Waals surface area contributed by atoms with E-state index in [-0.39, 0.29) is 11.9 Å². The number of hydrogen-bond acceptors (Lipinski definition) is 3. The molecule has 2 rings (SSSR count). The van der Waals surface area contributed by atoms with Crippen LogP contribution in [0.5, 0.6) is 0 Å². The smallest absolute Gasteiger partial charge is 0.127 e. The first-order valence-electron chi connectivity index (χ1n) is 7.43. The van der Waals surface area contributed by atoms with Crippen LogP contribution in [0.3, 0.4) is 0 Å². The molecule has 0 spiro atoms. The van der Waals surface area contributed by atoms with E-state index in [1.54, 1.807) is 12.1 Å². The lowest BCUT2D eigenvalue weighted by molar-refractivity contribution is 0.103. The standard InChI is InChI=1S/C16H25FN2O/c1-19(10-11-20-12-13-6-7-13)9-8-16(18)14-4-2-3-5-15(14)17/h2-5,13,16H,6-12,18H2,1H3. The summed E-state index contributed by atoms with van der Waals surface area (Å²) in [4.78, 5) is 2.19. The minimum Gasteiger partial charge on any atom is -0.380 e. The molecular formula is C16H25FN2O. The molecule has 112 valence electrons. The van der Waals surface area contributed by atoms with Gasteiger partial charge in [-0.25, -0.2) is 4.39 Å². The average molecular weight is 280 g/mol. The Morgan fingerprint density at radius 2 is 2.10 bits per heavy atom. The predicted molar refractivity (Wildman–Crippen MR) is 79.0 cm³/mol. The second-order valence-corrected chi connectivity index (χ2v) is 5.74. The maximum Gasteiger partial charge on any atom is 0.127 e. The third kappa shape index (κ3) is 5.19. The number of ether oxygens (including phenoxy) is 1. The van der Waals surface area contributed by atoms with Gasteiger partial charge in [0, 0.05) is 24.8 Å². The highest BCUT2D eigenvalue weighted by Gasteiger charge is 2.21. The summed E-state index contributed by atoms with van der Waals surface area (Å²) in [5.41, 5.74) is 6.65. The van der Waals surface area contributed by atoms with Gasteiger partial charge in [-0.05, 0) is 44.8 Å². The van der Waals surface area contributed by atoms with Gasteiger partial charge in [0.05, 0.1) is 6.61 Å². The number of rotatable bonds is 9. The third-order valence-corrected chi connectivity index (χ3v) is 3.79. The van der Waals surface area contributed by atoms with Crippen LogP contribution in [0.4, 0.5) is 4.39 Å². The molecule has 1 unspecified atom stereocenters. The lowest BCUT2D eigenvalue weighted by Gasteiger charge is -2.19. The Bertz CT molecular complexity index is 409. The minimum absolute atomic E-state index is 0.213. The highest BCUT2D eigenvalue weighted by molar-refractivity contribution is 5.20. The fourth-order valence-corrected chi connectivity index (χ4v) is 2.16. The first-order valence-corrected chi connectivity index (χ1v) is 7.43. The molecule has 1 saturated carbocycles. The van der Waals surface area contributed by atoms with Crippen LogP contribution in [-0.2, 0) is 4.74 Å². The van der Waals surface area contributed by atoms with E-state index in [1.807, 2.05) is 6.07 Å². The number of hydrogen-bond donors (Lipinski definition) is 1. The molecular weight excluding hydrogens is 255 g/mol. The monoisotopic (exact) mass is 280 g/mol. The summed E-state index contributed by atoms with van der Waals surface area (Å²) >= 11 is 0. The zero-order chi connectivity index (χ0) is 14.4. The quantitative estimate of drug-likeness (QED) is 0.707. The van der Waals surface area contributed by atoms with Crippen molar-refractivity contribution in [3.05, 3.63) is 35.6 Å². The number of nitrogens with two attached hydrogens (primary N) is 1. The second kappa shape index (κ2) is 7.72. The Hall–Kier alpha value is -0.970. The molecule has 1 fully saturated rings. The van der Waals surface area contributed by atoms with Crippen molar-refractivity contribution < 1.29 is 9.13 Å². The first kappa shape index (κ1) is 15.4. The molecule has 1 aromatic carbocycles. The summed E-state index contributed by atoms with van der Waals surface area (Å²) in [6.07, 6.45) is 3.40. The Morgan fingerprint density at radius 1 is 1.35 bits per heavy atom. The molecule has 2 N–H and O–H groups in total. The molecule has 0 aliphatic heterocycles. The summed E-state index contributed by atoms with van der Waals surface area (Å²) in [7, 11) is 2.05. The summed E-state index contributed by atoms with van der Waals surface area (Å²) in [6.45, 7) is 3.42. The van der Waals surface area contributed by atoms with Crippen molar-refractivity contribution >= 4 is 0 Å². The zero-order valence-electron chi connectivity index (χ0n) is 12.2. The molecule has 3 nitrogen and oxygen atoms in total. The summed E-state index contributed by atoms with van der Waals surface area (Å²) < 4.78 is 19.2. The minimum atomic E-state index is -0.244. The number of likely N-dealkylation sites (N-methyl/N-ethyl adjacent to an activating group) is 1. The molecule has 4 heteroatoms. The molecule has 1 atom stereocenters. The average Bonchev–Trinajstić information content (AvgIpc) is 3.25. The van der Waals surface area contributed by atoms with E-state index in [2.05, 4.69) is 11.9 Å². The van der Waals surface area contributed by atoms with E-state index in [9.17, 15) is 4.39 Å². The van der Waals surface area contributed by atoms with Crippen LogP contribution >= 0.6 is 0 Å². The zero-order valence-corrected chi connectivity index (χ0v) is 12.2. The largest absolute Gasteiger partial charge is 0.380 e. The van der Waals surface area contributed by atoms with Crippen molar-refractivity contribution in [2.75, 3.05) is 33.4 Å². The van der Waals surface area contributed by atoms with Gasteiger partial charge < -0.3 is 15.4 Å². The molecule has 0 radical (unpaired) electrons. The summed E-state index contributed by atoms with van der Waals surface area (Å²) in [5, 5.41) is 0. The van der Waals surface area contributed by atoms with Gasteiger partial charge in [0.2, 0.25) is 0 Å². The Morgan fingerprint density at radius 3 is 2.80 bits per heavy atom. The highest BCUT2D eigenvalue weighted by Crippen LogP contribution is 2.28. The Labute approximate surface area is 120 Å². The fourth-order valence-electron chi connectivity index (χ4n) is 2.16. The van der Waals surface area contributed by atoms with Crippen LogP contribution < -0.4 is 5.73 Å². The van der Waals surface area contributed by atoms with Crippen molar-refractivity contribution in [2.24, 2.45) is 11.7 Å². The molecule has 20 heavy (non-hydrogen) atoms. The van der Waals surface area contributed by atoms with Gasteiger partial charge in [-0.2, -0.15) is 0 Å². The van der Waals surface area contributed by atoms with Gasteiger partial charge in [0.15, 0.2) is 0 Å². The molecule has 1 aromatic rings. The molecule has 0 amide bonds. The van der Waals surface area contributed by atoms with Gasteiger partial charge in [-0.15, -0.1) is 0 Å². The molecule has 0 aromatic heterocycles. The van der Waals surface area contributed by atoms with Crippen molar-refractivity contribution in [3.63, 3.8) is 0 Å². The van der Waals surface area contributed by atoms with E-state index >= 15 is 0 Å². The third-order valence-electron chi connectivity index (χ3n) is 3.79. The molecule has 0 bridgehead atoms. The van der Waals surface area contributed by atoms with Crippen LogP contribution in [0.2, 0.25) is 0 Å². The number of halogens is 1. The lowest BCUT2D eigenvalue weighted by Crippen LogP contribution is -2.27. The maximum atomic E-state index is 13.6. The summed E-state index contributed by atoms with van der Waals surface area (Å²) in [5.74, 6) is 0.602. The normalized spacial score (nSPS) is 16.6. The van der Waals surface area contributed by atoms with E-state index in [0.717, 1.165) is 38.6 Å². The van der Waals surface area contributed by atoms with Crippen LogP contribution in [0.25, 0.3) is 0 Å². The van der Waals surface area contributed by atoms with Crippen molar-refractivity contribution in [2.45, 2.75) is 25.3 Å². The molecule has 1 aliphatic rings. The van der Waals surface area contributed by atoms with Gasteiger partial charge in [-0.1, -0.05) is 18.2 Å². The predicted octanol–water partition coefficient (Wildman–Crippen LogP) is 2.57. The van der Waals surface area contributed by atoms with Gasteiger partial charge in [-0.3, -0.25) is 0 Å². The SMILES string of the molecule is CN(CCOCC1CC1)CCC(N)c1ccccc1F. The summed E-state index contributed by atoms with van der Waals surface area (Å²) in [6, 6.07) is 6.50. The Kier molecular flexibility index (Phi) is 5.95. The molecule has 0 heterocycles. The maximum absolute atomic E-state index is 13.6. The van der Waals surface area contributed by atoms with Crippen molar-refractivity contribution in [1.29, 1.82) is 0 Å². The van der Waals surface area contributed by atoms with Crippen LogP contribution in [0.15, 0.2) is 24.3 Å². The van der Waals surface area contributed by atoms with E-state index in [0.29, 0.717) is 5.56 Å². The highest BCUT2D eigenvalue weighted by atomic mass is 19.1. The van der Waals surface area contributed by atoms with Gasteiger partial charge in [0.25, 0.3) is 0 Å².